The number of rotatable bonds is 3. The number of hydrogen-bond donors (Lipinski definition) is 1. The molecule has 0 aliphatic carbocycles. The van der Waals surface area contributed by atoms with Crippen molar-refractivity contribution in [3.05, 3.63) is 33.6 Å². The fourth-order valence-electron chi connectivity index (χ4n) is 0.820. The van der Waals surface area contributed by atoms with E-state index in [4.69, 9.17) is 11.6 Å². The van der Waals surface area contributed by atoms with Gasteiger partial charge in [0, 0.05) is 0 Å². The molecular weight excluding hydrogens is 220 g/mol. The highest BCUT2D eigenvalue weighted by Crippen LogP contribution is 2.09. The summed E-state index contributed by atoms with van der Waals surface area (Å²) in [5.41, 5.74) is 3.08. The highest BCUT2D eigenvalue weighted by atomic mass is 35.5. The zero-order chi connectivity index (χ0) is 11.3. The molecule has 1 rings (SSSR count). The molecule has 1 heterocycles. The van der Waals surface area contributed by atoms with E-state index in [0.717, 1.165) is 0 Å². The van der Waals surface area contributed by atoms with Gasteiger partial charge in [0.2, 0.25) is 0 Å². The number of nitrogens with one attached hydrogen (secondary N) is 1. The van der Waals surface area contributed by atoms with Crippen LogP contribution in [0.4, 0.5) is 5.69 Å². The lowest BCUT2D eigenvalue weighted by Gasteiger charge is -1.96. The Morgan fingerprint density at radius 1 is 1.73 bits per heavy atom. The van der Waals surface area contributed by atoms with Crippen LogP contribution in [0.2, 0.25) is 5.15 Å². The summed E-state index contributed by atoms with van der Waals surface area (Å²) in [6, 6.07) is 3.20. The first-order chi connectivity index (χ1) is 7.13. The zero-order valence-corrected chi connectivity index (χ0v) is 8.73. The predicted molar refractivity (Wildman–Crippen MR) is 57.6 cm³/mol. The van der Waals surface area contributed by atoms with E-state index in [1.807, 2.05) is 0 Å². The van der Waals surface area contributed by atoms with Crippen LogP contribution in [0, 0.1) is 10.1 Å². The Balaban J connectivity index is 2.70. The molecule has 7 heteroatoms. The van der Waals surface area contributed by atoms with Crippen molar-refractivity contribution in [3.8, 4) is 0 Å². The van der Waals surface area contributed by atoms with Crippen LogP contribution in [0.5, 0.6) is 0 Å². The van der Waals surface area contributed by atoms with E-state index in [2.05, 4.69) is 15.5 Å². The molecule has 0 fully saturated rings. The fraction of sp³-hybridized carbons (Fsp3) is 0.250. The summed E-state index contributed by atoms with van der Waals surface area (Å²) in [7, 11) is 0. The minimum Gasteiger partial charge on any atom is -0.358 e. The summed E-state index contributed by atoms with van der Waals surface area (Å²) >= 11 is 5.57. The summed E-state index contributed by atoms with van der Waals surface area (Å²) in [5, 5.41) is 14.4. The molecule has 1 aromatic heterocycles. The maximum absolute atomic E-state index is 10.4. The molecule has 0 saturated carbocycles. The molecule has 1 N–H and O–H groups in total. The first kappa shape index (κ1) is 11.4. The van der Waals surface area contributed by atoms with Crippen LogP contribution in [0.1, 0.15) is 13.3 Å². The second kappa shape index (κ2) is 5.26. The molecule has 6 nitrogen and oxygen atoms in total. The van der Waals surface area contributed by atoms with Crippen molar-refractivity contribution in [1.29, 1.82) is 0 Å². The standard InChI is InChI=1S/C8H9ClN4O2/c1-2-8(13(14)15)12-11-6-3-4-7(9)10-5-6/h3-5,11H,2H2,1H3/b12-8-. The number of hydrazone groups is 1. The van der Waals surface area contributed by atoms with Gasteiger partial charge in [-0.2, -0.15) is 5.43 Å². The van der Waals surface area contributed by atoms with Crippen molar-refractivity contribution in [2.24, 2.45) is 5.10 Å². The van der Waals surface area contributed by atoms with Gasteiger partial charge < -0.3 is 10.1 Å². The highest BCUT2D eigenvalue weighted by Gasteiger charge is 2.08. The molecule has 80 valence electrons. The smallest absolute Gasteiger partial charge is 0.358 e. The van der Waals surface area contributed by atoms with E-state index in [0.29, 0.717) is 10.8 Å². The quantitative estimate of drug-likeness (QED) is 0.283. The number of nitro groups is 1. The van der Waals surface area contributed by atoms with Gasteiger partial charge >= 0.3 is 5.84 Å². The Bertz CT molecular complexity index is 377. The average molecular weight is 229 g/mol. The lowest BCUT2D eigenvalue weighted by molar-refractivity contribution is -0.353. The second-order valence-electron chi connectivity index (χ2n) is 2.62. The third-order valence-corrected chi connectivity index (χ3v) is 1.79. The van der Waals surface area contributed by atoms with Gasteiger partial charge in [0.15, 0.2) is 0 Å². The van der Waals surface area contributed by atoms with E-state index < -0.39 is 4.92 Å². The van der Waals surface area contributed by atoms with E-state index in [-0.39, 0.29) is 12.3 Å². The average Bonchev–Trinajstić information content (AvgIpc) is 2.21. The van der Waals surface area contributed by atoms with E-state index in [1.165, 1.54) is 6.20 Å². The molecule has 0 amide bonds. The third kappa shape index (κ3) is 3.51. The summed E-state index contributed by atoms with van der Waals surface area (Å²) < 4.78 is 0. The topological polar surface area (TPSA) is 80.4 Å². The Hall–Kier alpha value is -1.69. The molecule has 0 spiro atoms. The lowest BCUT2D eigenvalue weighted by Crippen LogP contribution is -2.12. The van der Waals surface area contributed by atoms with Crippen molar-refractivity contribution < 1.29 is 4.92 Å². The Morgan fingerprint density at radius 3 is 2.93 bits per heavy atom. The number of pyridine rings is 1. The van der Waals surface area contributed by atoms with Crippen LogP contribution in [-0.4, -0.2) is 15.7 Å². The molecule has 0 radical (unpaired) electrons. The molecule has 0 saturated heterocycles. The Labute approximate surface area is 91.1 Å². The molecule has 15 heavy (non-hydrogen) atoms. The van der Waals surface area contributed by atoms with Crippen molar-refractivity contribution in [2.75, 3.05) is 5.43 Å². The number of aromatic nitrogens is 1. The van der Waals surface area contributed by atoms with Gasteiger partial charge in [-0.1, -0.05) is 18.5 Å². The molecule has 1 aromatic rings. The van der Waals surface area contributed by atoms with E-state index in [9.17, 15) is 10.1 Å². The lowest BCUT2D eigenvalue weighted by atomic mass is 10.4. The SMILES string of the molecule is CC/C(=N/Nc1ccc(Cl)nc1)[N+](=O)[O-]. The first-order valence-corrected chi connectivity index (χ1v) is 4.59. The highest BCUT2D eigenvalue weighted by molar-refractivity contribution is 6.29. The summed E-state index contributed by atoms with van der Waals surface area (Å²) in [5.74, 6) is -0.134. The van der Waals surface area contributed by atoms with Gasteiger partial charge in [0.1, 0.15) is 5.15 Å². The zero-order valence-electron chi connectivity index (χ0n) is 7.98. The minimum absolute atomic E-state index is 0.134. The summed E-state index contributed by atoms with van der Waals surface area (Å²) in [6.07, 6.45) is 1.69. The predicted octanol–water partition coefficient (Wildman–Crippen LogP) is 2.15. The number of hydrogen-bond acceptors (Lipinski definition) is 5. The number of halogens is 1. The van der Waals surface area contributed by atoms with Crippen LogP contribution in [0.3, 0.4) is 0 Å². The summed E-state index contributed by atoms with van der Waals surface area (Å²) in [6.45, 7) is 1.66. The minimum atomic E-state index is -0.531. The van der Waals surface area contributed by atoms with Crippen molar-refractivity contribution >= 4 is 23.1 Å². The molecule has 0 aromatic carbocycles. The van der Waals surface area contributed by atoms with Gasteiger partial charge in [-0.25, -0.2) is 4.98 Å². The Kier molecular flexibility index (Phi) is 3.99. The second-order valence-corrected chi connectivity index (χ2v) is 3.01. The molecule has 0 aliphatic rings. The van der Waals surface area contributed by atoms with Gasteiger partial charge in [-0.05, 0) is 17.1 Å². The maximum atomic E-state index is 10.4. The van der Waals surface area contributed by atoms with Crippen LogP contribution in [0.15, 0.2) is 23.4 Å². The van der Waals surface area contributed by atoms with Crippen LogP contribution in [0.25, 0.3) is 0 Å². The molecule has 0 bridgehead atoms. The van der Waals surface area contributed by atoms with Crippen molar-refractivity contribution in [2.45, 2.75) is 13.3 Å². The van der Waals surface area contributed by atoms with Gasteiger partial charge in [-0.15, -0.1) is 0 Å². The van der Waals surface area contributed by atoms with Crippen molar-refractivity contribution in [3.63, 3.8) is 0 Å². The van der Waals surface area contributed by atoms with Gasteiger partial charge in [-0.3, -0.25) is 0 Å². The first-order valence-electron chi connectivity index (χ1n) is 4.22. The third-order valence-electron chi connectivity index (χ3n) is 1.57. The molecule has 0 atom stereocenters. The van der Waals surface area contributed by atoms with Gasteiger partial charge in [0.05, 0.1) is 23.4 Å². The summed E-state index contributed by atoms with van der Waals surface area (Å²) in [4.78, 5) is 13.7. The van der Waals surface area contributed by atoms with Crippen LogP contribution in [-0.2, 0) is 0 Å². The Morgan fingerprint density at radius 2 is 2.47 bits per heavy atom. The number of amidine groups is 1. The molecular formula is C8H9ClN4O2. The number of nitrogens with zero attached hydrogens (tertiary/aromatic N) is 3. The van der Waals surface area contributed by atoms with Crippen molar-refractivity contribution in [1.82, 2.24) is 4.98 Å². The van der Waals surface area contributed by atoms with E-state index >= 15 is 0 Å². The monoisotopic (exact) mass is 228 g/mol. The molecule has 0 unspecified atom stereocenters. The molecule has 0 aliphatic heterocycles. The fourth-order valence-corrected chi connectivity index (χ4v) is 0.932. The van der Waals surface area contributed by atoms with Crippen LogP contribution < -0.4 is 5.43 Å². The van der Waals surface area contributed by atoms with Gasteiger partial charge in [0.25, 0.3) is 0 Å². The maximum Gasteiger partial charge on any atom is 0.363 e. The van der Waals surface area contributed by atoms with E-state index in [1.54, 1.807) is 19.1 Å². The normalized spacial score (nSPS) is 11.2. The largest absolute Gasteiger partial charge is 0.363 e. The van der Waals surface area contributed by atoms with Crippen LogP contribution >= 0.6 is 11.6 Å². The number of anilines is 1.